The van der Waals surface area contributed by atoms with Gasteiger partial charge in [0, 0.05) is 18.0 Å². The van der Waals surface area contributed by atoms with Crippen LogP contribution in [0.1, 0.15) is 17.8 Å². The Labute approximate surface area is 120 Å². The molecule has 1 aliphatic rings. The van der Waals surface area contributed by atoms with Crippen molar-refractivity contribution in [2.45, 2.75) is 24.8 Å². The fraction of sp³-hybridized carbons (Fsp3) is 0.385. The van der Waals surface area contributed by atoms with Crippen molar-refractivity contribution in [1.29, 1.82) is 0 Å². The second kappa shape index (κ2) is 4.74. The summed E-state index contributed by atoms with van der Waals surface area (Å²) in [7, 11) is 0. The Bertz CT molecular complexity index is 636. The molecule has 1 saturated carbocycles. The van der Waals surface area contributed by atoms with Crippen molar-refractivity contribution in [2.75, 3.05) is 6.54 Å². The third-order valence-corrected chi connectivity index (χ3v) is 4.59. The highest BCUT2D eigenvalue weighted by molar-refractivity contribution is 7.18. The fourth-order valence-electron chi connectivity index (χ4n) is 1.88. The Kier molecular flexibility index (Phi) is 3.20. The summed E-state index contributed by atoms with van der Waals surface area (Å²) in [6, 6.07) is 5.68. The summed E-state index contributed by atoms with van der Waals surface area (Å²) in [5, 5.41) is 4.56. The highest BCUT2D eigenvalue weighted by Crippen LogP contribution is 2.32. The number of aromatic nitrogens is 1. The van der Waals surface area contributed by atoms with Crippen molar-refractivity contribution in [3.05, 3.63) is 28.2 Å². The molecular formula is C13H14ClN3OS. The molecule has 0 radical (unpaired) electrons. The van der Waals surface area contributed by atoms with Crippen LogP contribution in [0.2, 0.25) is 5.02 Å². The molecule has 0 unspecified atom stereocenters. The largest absolute Gasteiger partial charge is 0.354 e. The van der Waals surface area contributed by atoms with E-state index in [1.165, 1.54) is 0 Å². The van der Waals surface area contributed by atoms with Gasteiger partial charge in [-0.25, -0.2) is 4.98 Å². The standard InChI is InChI=1S/C13H14ClN3OS/c14-8-1-2-10-9(7-8)17-11(19-10)3-6-16-12(18)13(15)4-5-13/h1-2,7H,3-6,15H2,(H,16,18). The lowest BCUT2D eigenvalue weighted by atomic mass is 10.2. The number of benzene rings is 1. The predicted octanol–water partition coefficient (Wildman–Crippen LogP) is 2.10. The van der Waals surface area contributed by atoms with Gasteiger partial charge in [-0.2, -0.15) is 0 Å². The van der Waals surface area contributed by atoms with Gasteiger partial charge < -0.3 is 11.1 Å². The van der Waals surface area contributed by atoms with Gasteiger partial charge in [0.25, 0.3) is 0 Å². The van der Waals surface area contributed by atoms with Crippen molar-refractivity contribution in [3.63, 3.8) is 0 Å². The molecule has 1 aromatic carbocycles. The summed E-state index contributed by atoms with van der Waals surface area (Å²) >= 11 is 7.55. The molecule has 3 rings (SSSR count). The lowest BCUT2D eigenvalue weighted by molar-refractivity contribution is -0.123. The summed E-state index contributed by atoms with van der Waals surface area (Å²) in [6.45, 7) is 0.575. The van der Waals surface area contributed by atoms with E-state index in [0.717, 1.165) is 34.5 Å². The normalized spacial score (nSPS) is 16.5. The maximum atomic E-state index is 11.7. The summed E-state index contributed by atoms with van der Waals surface area (Å²) in [5.41, 5.74) is 6.12. The number of hydrogen-bond acceptors (Lipinski definition) is 4. The van der Waals surface area contributed by atoms with Gasteiger partial charge in [0.15, 0.2) is 0 Å². The highest BCUT2D eigenvalue weighted by atomic mass is 35.5. The van der Waals surface area contributed by atoms with Crippen molar-refractivity contribution >= 4 is 39.1 Å². The van der Waals surface area contributed by atoms with Gasteiger partial charge in [-0.3, -0.25) is 4.79 Å². The SMILES string of the molecule is NC1(C(=O)NCCc2nc3cc(Cl)ccc3s2)CC1. The number of thiazole rings is 1. The van der Waals surface area contributed by atoms with E-state index in [1.807, 2.05) is 18.2 Å². The van der Waals surface area contributed by atoms with Gasteiger partial charge in [0.2, 0.25) is 5.91 Å². The first kappa shape index (κ1) is 12.8. The van der Waals surface area contributed by atoms with E-state index in [2.05, 4.69) is 10.3 Å². The smallest absolute Gasteiger partial charge is 0.240 e. The third-order valence-electron chi connectivity index (χ3n) is 3.26. The zero-order chi connectivity index (χ0) is 13.5. The minimum absolute atomic E-state index is 0.0448. The number of amides is 1. The maximum Gasteiger partial charge on any atom is 0.240 e. The molecule has 1 aromatic heterocycles. The number of hydrogen-bond donors (Lipinski definition) is 2. The molecule has 0 atom stereocenters. The highest BCUT2D eigenvalue weighted by Gasteiger charge is 2.45. The molecule has 0 spiro atoms. The molecule has 1 amide bonds. The minimum Gasteiger partial charge on any atom is -0.354 e. The molecule has 19 heavy (non-hydrogen) atoms. The van der Waals surface area contributed by atoms with E-state index in [9.17, 15) is 4.79 Å². The van der Waals surface area contributed by atoms with Crippen molar-refractivity contribution < 1.29 is 4.79 Å². The van der Waals surface area contributed by atoms with Crippen LogP contribution in [-0.4, -0.2) is 23.0 Å². The Morgan fingerprint density at radius 2 is 2.32 bits per heavy atom. The van der Waals surface area contributed by atoms with Crippen molar-refractivity contribution in [2.24, 2.45) is 5.73 Å². The number of nitrogens with zero attached hydrogens (tertiary/aromatic N) is 1. The molecule has 1 aliphatic carbocycles. The number of rotatable bonds is 4. The van der Waals surface area contributed by atoms with Gasteiger partial charge >= 0.3 is 0 Å². The molecule has 2 aromatic rings. The van der Waals surface area contributed by atoms with Crippen LogP contribution in [-0.2, 0) is 11.2 Å². The van der Waals surface area contributed by atoms with Gasteiger partial charge in [0.05, 0.1) is 20.8 Å². The van der Waals surface area contributed by atoms with Crippen LogP contribution in [0.3, 0.4) is 0 Å². The minimum atomic E-state index is -0.596. The second-order valence-corrected chi connectivity index (χ2v) is 6.43. The fourth-order valence-corrected chi connectivity index (χ4v) is 2.99. The summed E-state index contributed by atoms with van der Waals surface area (Å²) in [6.07, 6.45) is 2.30. The average Bonchev–Trinajstić information content (AvgIpc) is 3.00. The zero-order valence-electron chi connectivity index (χ0n) is 10.3. The molecular weight excluding hydrogens is 282 g/mol. The molecule has 3 N–H and O–H groups in total. The summed E-state index contributed by atoms with van der Waals surface area (Å²) in [5.74, 6) is -0.0448. The van der Waals surface area contributed by atoms with E-state index >= 15 is 0 Å². The Balaban J connectivity index is 1.61. The van der Waals surface area contributed by atoms with E-state index in [1.54, 1.807) is 11.3 Å². The molecule has 1 fully saturated rings. The third kappa shape index (κ3) is 2.73. The Morgan fingerprint density at radius 1 is 1.53 bits per heavy atom. The molecule has 0 saturated heterocycles. The number of nitrogens with two attached hydrogens (primary N) is 1. The van der Waals surface area contributed by atoms with Crippen LogP contribution in [0.25, 0.3) is 10.2 Å². The van der Waals surface area contributed by atoms with Crippen LogP contribution in [0, 0.1) is 0 Å². The first-order chi connectivity index (χ1) is 9.07. The topological polar surface area (TPSA) is 68.0 Å². The lowest BCUT2D eigenvalue weighted by Crippen LogP contribution is -2.43. The summed E-state index contributed by atoms with van der Waals surface area (Å²) in [4.78, 5) is 16.2. The Hall–Kier alpha value is -1.17. The average molecular weight is 296 g/mol. The number of nitrogens with one attached hydrogen (secondary N) is 1. The van der Waals surface area contributed by atoms with Gasteiger partial charge in [-0.1, -0.05) is 11.6 Å². The lowest BCUT2D eigenvalue weighted by Gasteiger charge is -2.08. The van der Waals surface area contributed by atoms with Gasteiger partial charge in [-0.05, 0) is 31.0 Å². The van der Waals surface area contributed by atoms with Gasteiger partial charge in [0.1, 0.15) is 0 Å². The van der Waals surface area contributed by atoms with E-state index < -0.39 is 5.54 Å². The number of halogens is 1. The molecule has 100 valence electrons. The van der Waals surface area contributed by atoms with Crippen LogP contribution >= 0.6 is 22.9 Å². The first-order valence-corrected chi connectivity index (χ1v) is 7.38. The van der Waals surface area contributed by atoms with E-state index in [4.69, 9.17) is 17.3 Å². The molecule has 4 nitrogen and oxygen atoms in total. The molecule has 1 heterocycles. The van der Waals surface area contributed by atoms with Crippen molar-refractivity contribution in [3.8, 4) is 0 Å². The maximum absolute atomic E-state index is 11.7. The van der Waals surface area contributed by atoms with Gasteiger partial charge in [-0.15, -0.1) is 11.3 Å². The first-order valence-electron chi connectivity index (χ1n) is 6.19. The van der Waals surface area contributed by atoms with Crippen LogP contribution < -0.4 is 11.1 Å². The van der Waals surface area contributed by atoms with Crippen LogP contribution in [0.5, 0.6) is 0 Å². The van der Waals surface area contributed by atoms with E-state index in [0.29, 0.717) is 11.6 Å². The molecule has 0 bridgehead atoms. The number of carbonyl (C=O) groups is 1. The zero-order valence-corrected chi connectivity index (χ0v) is 11.9. The predicted molar refractivity (Wildman–Crippen MR) is 77.5 cm³/mol. The summed E-state index contributed by atoms with van der Waals surface area (Å²) < 4.78 is 1.11. The monoisotopic (exact) mass is 295 g/mol. The van der Waals surface area contributed by atoms with Crippen LogP contribution in [0.4, 0.5) is 0 Å². The van der Waals surface area contributed by atoms with Crippen LogP contribution in [0.15, 0.2) is 18.2 Å². The number of carbonyl (C=O) groups excluding carboxylic acids is 1. The molecule has 0 aliphatic heterocycles. The quantitative estimate of drug-likeness (QED) is 0.907. The number of fused-ring (bicyclic) bond motifs is 1. The second-order valence-electron chi connectivity index (χ2n) is 4.88. The molecule has 6 heteroatoms. The van der Waals surface area contributed by atoms with E-state index in [-0.39, 0.29) is 5.91 Å². The van der Waals surface area contributed by atoms with Crippen molar-refractivity contribution in [1.82, 2.24) is 10.3 Å². The Morgan fingerprint density at radius 3 is 3.05 bits per heavy atom.